The number of benzene rings is 1. The molecule has 8 nitrogen and oxygen atoms in total. The Balaban J connectivity index is 1.30. The van der Waals surface area contributed by atoms with E-state index >= 15 is 0 Å². The van der Waals surface area contributed by atoms with Gasteiger partial charge >= 0.3 is 0 Å². The fraction of sp³-hybridized carbons (Fsp3) is 0.591. The van der Waals surface area contributed by atoms with Crippen LogP contribution in [-0.2, 0) is 4.79 Å². The molecule has 1 N–H and O–H groups in total. The number of carbonyl (C=O) groups is 3. The topological polar surface area (TPSA) is 110 Å². The molecule has 3 amide bonds. The third kappa shape index (κ3) is 2.84. The number of rotatable bonds is 5. The number of imide groups is 1. The second-order valence-electron chi connectivity index (χ2n) is 9.75. The predicted molar refractivity (Wildman–Crippen MR) is 107 cm³/mol. The largest absolute Gasteiger partial charge is 0.354 e. The monoisotopic (exact) mass is 411 g/mol. The number of nitrogens with zero attached hydrogens (tertiary/aromatic N) is 2. The highest BCUT2D eigenvalue weighted by Gasteiger charge is 2.51. The first-order valence-electron chi connectivity index (χ1n) is 10.7. The van der Waals surface area contributed by atoms with Gasteiger partial charge in [-0.05, 0) is 74.7 Å². The molecule has 30 heavy (non-hydrogen) atoms. The summed E-state index contributed by atoms with van der Waals surface area (Å²) < 4.78 is 0. The van der Waals surface area contributed by atoms with E-state index in [1.54, 1.807) is 0 Å². The van der Waals surface area contributed by atoms with E-state index in [1.807, 2.05) is 0 Å². The maximum absolute atomic E-state index is 12.9. The first kappa shape index (κ1) is 19.2. The van der Waals surface area contributed by atoms with E-state index in [9.17, 15) is 24.5 Å². The minimum Gasteiger partial charge on any atom is -0.354 e. The van der Waals surface area contributed by atoms with Crippen molar-refractivity contribution in [2.45, 2.75) is 51.5 Å². The van der Waals surface area contributed by atoms with Gasteiger partial charge in [-0.1, -0.05) is 6.07 Å². The maximum Gasteiger partial charge on any atom is 0.282 e. The van der Waals surface area contributed by atoms with Crippen molar-refractivity contribution in [1.82, 2.24) is 10.2 Å². The lowest BCUT2D eigenvalue weighted by Gasteiger charge is -2.57. The molecule has 4 saturated carbocycles. The van der Waals surface area contributed by atoms with Gasteiger partial charge in [-0.25, -0.2) is 0 Å². The molecule has 4 bridgehead atoms. The number of nitro groups is 1. The van der Waals surface area contributed by atoms with Crippen molar-refractivity contribution in [2.75, 3.05) is 6.54 Å². The molecule has 1 aliphatic heterocycles. The molecule has 0 spiro atoms. The molecule has 6 rings (SSSR count). The van der Waals surface area contributed by atoms with Gasteiger partial charge in [0.25, 0.3) is 17.5 Å². The Kier molecular flexibility index (Phi) is 4.24. The van der Waals surface area contributed by atoms with Crippen molar-refractivity contribution in [1.29, 1.82) is 0 Å². The minimum atomic E-state index is -1.02. The highest BCUT2D eigenvalue weighted by molar-refractivity contribution is 6.24. The van der Waals surface area contributed by atoms with Crippen LogP contribution in [0.1, 0.15) is 66.2 Å². The van der Waals surface area contributed by atoms with Gasteiger partial charge in [-0.2, -0.15) is 0 Å². The summed E-state index contributed by atoms with van der Waals surface area (Å²) in [6, 6.07) is 2.95. The van der Waals surface area contributed by atoms with Crippen molar-refractivity contribution in [3.05, 3.63) is 39.4 Å². The predicted octanol–water partition coefficient (Wildman–Crippen LogP) is 2.91. The first-order valence-corrected chi connectivity index (χ1v) is 10.7. The maximum atomic E-state index is 12.9. The average molecular weight is 411 g/mol. The highest BCUT2D eigenvalue weighted by atomic mass is 16.6. The smallest absolute Gasteiger partial charge is 0.282 e. The van der Waals surface area contributed by atoms with Crippen LogP contribution in [-0.4, -0.2) is 40.1 Å². The molecule has 0 aromatic heterocycles. The summed E-state index contributed by atoms with van der Waals surface area (Å²) >= 11 is 0. The standard InChI is InChI=1S/C22H25N3O5/c1-12(24-20(27)16-3-2-4-17(25(29)30)18(16)21(24)28)19(26)23-11-22-8-13-5-14(9-22)7-15(6-13)10-22/h2-4,12-15H,5-11H2,1H3,(H,23,26)/t12-,13?,14?,15?,22?/m0/s1. The quantitative estimate of drug-likeness (QED) is 0.455. The average Bonchev–Trinajstić information content (AvgIpc) is 2.95. The van der Waals surface area contributed by atoms with Crippen molar-refractivity contribution < 1.29 is 19.3 Å². The van der Waals surface area contributed by atoms with E-state index in [-0.39, 0.29) is 22.4 Å². The number of hydrogen-bond acceptors (Lipinski definition) is 5. The van der Waals surface area contributed by atoms with Gasteiger partial charge in [-0.15, -0.1) is 0 Å². The molecule has 1 heterocycles. The van der Waals surface area contributed by atoms with E-state index in [4.69, 9.17) is 0 Å². The Labute approximate surface area is 174 Å². The number of nitrogens with one attached hydrogen (secondary N) is 1. The molecule has 4 aliphatic carbocycles. The molecule has 1 atom stereocenters. The van der Waals surface area contributed by atoms with Gasteiger partial charge in [0.15, 0.2) is 0 Å². The number of carbonyl (C=O) groups excluding carboxylic acids is 3. The summed E-state index contributed by atoms with van der Waals surface area (Å²) in [6.45, 7) is 2.07. The van der Waals surface area contributed by atoms with Crippen LogP contribution >= 0.6 is 0 Å². The first-order chi connectivity index (χ1) is 14.3. The zero-order chi connectivity index (χ0) is 21.2. The summed E-state index contributed by atoms with van der Waals surface area (Å²) in [4.78, 5) is 49.9. The molecule has 8 heteroatoms. The van der Waals surface area contributed by atoms with Gasteiger partial charge in [0.05, 0.1) is 10.5 Å². The van der Waals surface area contributed by atoms with Crippen LogP contribution in [0, 0.1) is 33.3 Å². The minimum absolute atomic E-state index is 0.0186. The third-order valence-electron chi connectivity index (χ3n) is 7.69. The molecular formula is C22H25N3O5. The third-order valence-corrected chi connectivity index (χ3v) is 7.69. The van der Waals surface area contributed by atoms with Crippen molar-refractivity contribution in [2.24, 2.45) is 23.2 Å². The second kappa shape index (κ2) is 6.62. The lowest BCUT2D eigenvalue weighted by molar-refractivity contribution is -0.385. The summed E-state index contributed by atoms with van der Waals surface area (Å²) in [5.41, 5.74) is -0.511. The number of amides is 3. The Morgan fingerprint density at radius 3 is 2.33 bits per heavy atom. The molecule has 0 unspecified atom stereocenters. The van der Waals surface area contributed by atoms with Crippen LogP contribution in [0.25, 0.3) is 0 Å². The van der Waals surface area contributed by atoms with Gasteiger partial charge in [-0.3, -0.25) is 29.4 Å². The molecular weight excluding hydrogens is 386 g/mol. The summed E-state index contributed by atoms with van der Waals surface area (Å²) in [5.74, 6) is 0.478. The van der Waals surface area contributed by atoms with Crippen LogP contribution in [0.3, 0.4) is 0 Å². The lowest BCUT2D eigenvalue weighted by atomic mass is 9.49. The van der Waals surface area contributed by atoms with E-state index in [2.05, 4.69) is 5.32 Å². The van der Waals surface area contributed by atoms with E-state index in [0.717, 1.165) is 41.9 Å². The zero-order valence-electron chi connectivity index (χ0n) is 16.9. The molecule has 1 aromatic rings. The van der Waals surface area contributed by atoms with Crippen LogP contribution in [0.5, 0.6) is 0 Å². The van der Waals surface area contributed by atoms with Crippen molar-refractivity contribution in [3.8, 4) is 0 Å². The fourth-order valence-corrected chi connectivity index (χ4v) is 6.84. The SMILES string of the molecule is C[C@@H](C(=O)NCC12CC3CC(CC(C3)C1)C2)N1C(=O)c2cccc([N+](=O)[O-])c2C1=O. The van der Waals surface area contributed by atoms with Crippen molar-refractivity contribution in [3.63, 3.8) is 0 Å². The van der Waals surface area contributed by atoms with Gasteiger partial charge < -0.3 is 5.32 Å². The summed E-state index contributed by atoms with van der Waals surface area (Å²) in [6.07, 6.45) is 7.39. The number of hydrogen-bond donors (Lipinski definition) is 1. The van der Waals surface area contributed by atoms with E-state index in [1.165, 1.54) is 44.4 Å². The Morgan fingerprint density at radius 2 is 1.77 bits per heavy atom. The lowest BCUT2D eigenvalue weighted by Crippen LogP contribution is -2.54. The second-order valence-corrected chi connectivity index (χ2v) is 9.75. The zero-order valence-corrected chi connectivity index (χ0v) is 16.9. The molecule has 158 valence electrons. The molecule has 0 saturated heterocycles. The summed E-state index contributed by atoms with van der Waals surface area (Å²) in [7, 11) is 0. The Morgan fingerprint density at radius 1 is 1.17 bits per heavy atom. The normalized spacial score (nSPS) is 32.3. The highest BCUT2D eigenvalue weighted by Crippen LogP contribution is 2.59. The Hall–Kier alpha value is -2.77. The van der Waals surface area contributed by atoms with Crippen LogP contribution < -0.4 is 5.32 Å². The fourth-order valence-electron chi connectivity index (χ4n) is 6.84. The van der Waals surface area contributed by atoms with Crippen molar-refractivity contribution >= 4 is 23.4 Å². The molecule has 4 fully saturated rings. The summed E-state index contributed by atoms with van der Waals surface area (Å²) in [5, 5.41) is 14.3. The van der Waals surface area contributed by atoms with Gasteiger partial charge in [0.1, 0.15) is 11.6 Å². The molecule has 5 aliphatic rings. The number of fused-ring (bicyclic) bond motifs is 1. The van der Waals surface area contributed by atoms with E-state index in [0.29, 0.717) is 6.54 Å². The number of nitro benzene ring substituents is 1. The Bertz CT molecular complexity index is 936. The van der Waals surface area contributed by atoms with E-state index < -0.39 is 28.5 Å². The molecule has 0 radical (unpaired) electrons. The molecule has 1 aromatic carbocycles. The van der Waals surface area contributed by atoms with Gasteiger partial charge in [0, 0.05) is 12.6 Å². The van der Waals surface area contributed by atoms with Crippen LogP contribution in [0.4, 0.5) is 5.69 Å². The van der Waals surface area contributed by atoms with Crippen LogP contribution in [0.2, 0.25) is 0 Å². The van der Waals surface area contributed by atoms with Crippen LogP contribution in [0.15, 0.2) is 18.2 Å². The van der Waals surface area contributed by atoms with Gasteiger partial charge in [0.2, 0.25) is 5.91 Å².